The Morgan fingerprint density at radius 1 is 0.800 bits per heavy atom. The predicted octanol–water partition coefficient (Wildman–Crippen LogP) is -6.54. The summed E-state index contributed by atoms with van der Waals surface area (Å²) in [6, 6.07) is 0. The zero-order valence-electron chi connectivity index (χ0n) is 3.50. The summed E-state index contributed by atoms with van der Waals surface area (Å²) in [5.41, 5.74) is 0. The summed E-state index contributed by atoms with van der Waals surface area (Å²) in [7, 11) is 0. The zero-order valence-corrected chi connectivity index (χ0v) is 5.62. The van der Waals surface area contributed by atoms with Crippen molar-refractivity contribution in [2.24, 2.45) is 0 Å². The van der Waals surface area contributed by atoms with Crippen molar-refractivity contribution in [3.8, 4) is 0 Å². The van der Waals surface area contributed by atoms with Gasteiger partial charge in [0, 0.05) is 0 Å². The minimum Gasteiger partial charge on any atom is -1.00 e. The van der Waals surface area contributed by atoms with Crippen molar-refractivity contribution in [1.29, 1.82) is 0 Å². The van der Waals surface area contributed by atoms with E-state index in [0.717, 1.165) is 0 Å². The average molecular weight is 124 g/mol. The fraction of sp³-hybridized carbons (Fsp3) is 0. The molecule has 0 radical (unpaired) electrons. The van der Waals surface area contributed by atoms with Crippen LogP contribution in [0.15, 0.2) is 0 Å². The van der Waals surface area contributed by atoms with E-state index >= 15 is 0 Å². The van der Waals surface area contributed by atoms with E-state index in [1.54, 1.807) is 0 Å². The average Bonchev–Trinajstić information content (AvgIpc) is 0. The molecule has 0 aliphatic heterocycles. The summed E-state index contributed by atoms with van der Waals surface area (Å²) in [4.78, 5) is 0. The van der Waals surface area contributed by atoms with E-state index in [1.165, 1.54) is 0 Å². The van der Waals surface area contributed by atoms with Gasteiger partial charge in [-0.05, 0) is 0 Å². The van der Waals surface area contributed by atoms with E-state index in [0.29, 0.717) is 0 Å². The standard InChI is InChI=1S/Al.K.3H2O.4H/h;;3*1H2;;;;/q;+1;;;;;;;-1. The van der Waals surface area contributed by atoms with Crippen LogP contribution < -0.4 is 51.4 Å². The Morgan fingerprint density at radius 3 is 0.800 bits per heavy atom. The molecule has 0 amide bonds. The molecule has 0 saturated carbocycles. The minimum atomic E-state index is 0. The maximum absolute atomic E-state index is 0. The third-order valence-corrected chi connectivity index (χ3v) is 0. The first-order valence-electron chi connectivity index (χ1n) is 0. The van der Waals surface area contributed by atoms with Crippen LogP contribution in [0.3, 0.4) is 0 Å². The van der Waals surface area contributed by atoms with E-state index in [4.69, 9.17) is 0 Å². The first-order chi connectivity index (χ1) is 0. The first-order valence-corrected chi connectivity index (χ1v) is 0. The third-order valence-electron chi connectivity index (χ3n) is 0. The van der Waals surface area contributed by atoms with Gasteiger partial charge in [-0.15, -0.1) is 0 Å². The van der Waals surface area contributed by atoms with Crippen molar-refractivity contribution in [2.45, 2.75) is 0 Å². The molecule has 32 valence electrons. The van der Waals surface area contributed by atoms with Gasteiger partial charge < -0.3 is 17.9 Å². The van der Waals surface area contributed by atoms with Gasteiger partial charge in [-0.1, -0.05) is 0 Å². The Morgan fingerprint density at radius 2 is 0.800 bits per heavy atom. The van der Waals surface area contributed by atoms with Crippen LogP contribution in [0.4, 0.5) is 0 Å². The summed E-state index contributed by atoms with van der Waals surface area (Å²) in [6.07, 6.45) is 0. The quantitative estimate of drug-likeness (QED) is 0.287. The fourth-order valence-corrected chi connectivity index (χ4v) is 0. The molecule has 6 N–H and O–H groups in total. The smallest absolute Gasteiger partial charge is 1.00 e. The largest absolute Gasteiger partial charge is 1.00 e. The van der Waals surface area contributed by atoms with Gasteiger partial charge in [0.25, 0.3) is 0 Å². The molecule has 5 heavy (non-hydrogen) atoms. The Balaban J connectivity index is 0. The summed E-state index contributed by atoms with van der Waals surface area (Å²) in [5, 5.41) is 0. The summed E-state index contributed by atoms with van der Waals surface area (Å²) >= 11 is 0. The van der Waals surface area contributed by atoms with Gasteiger partial charge in [-0.2, -0.15) is 0 Å². The van der Waals surface area contributed by atoms with Crippen LogP contribution in [0.2, 0.25) is 0 Å². The van der Waals surface area contributed by atoms with Crippen molar-refractivity contribution in [3.63, 3.8) is 0 Å². The van der Waals surface area contributed by atoms with Crippen molar-refractivity contribution in [2.75, 3.05) is 0 Å². The predicted molar refractivity (Wildman–Crippen MR) is 21.9 cm³/mol. The minimum absolute atomic E-state index is 0. The number of hydrogen-bond acceptors (Lipinski definition) is 0. The molecule has 0 atom stereocenters. The molecule has 0 spiro atoms. The Hall–Kier alpha value is 2.05. The second-order valence-corrected chi connectivity index (χ2v) is 0. The van der Waals surface area contributed by atoms with Gasteiger partial charge >= 0.3 is 51.4 Å². The molecule has 0 aromatic heterocycles. The zero-order chi connectivity index (χ0) is 0. The summed E-state index contributed by atoms with van der Waals surface area (Å²) in [5.74, 6) is 0. The molecular weight excluding hydrogens is 114 g/mol. The molecule has 0 aromatic carbocycles. The second kappa shape index (κ2) is 36.7. The van der Waals surface area contributed by atoms with Gasteiger partial charge in [0.05, 0.1) is 0 Å². The van der Waals surface area contributed by atoms with Crippen LogP contribution >= 0.6 is 0 Å². The van der Waals surface area contributed by atoms with Gasteiger partial charge in [0.15, 0.2) is 17.4 Å². The molecule has 0 aromatic rings. The van der Waals surface area contributed by atoms with Crippen molar-refractivity contribution in [1.82, 2.24) is 0 Å². The molecule has 0 fully saturated rings. The Kier molecular flexibility index (Phi) is 451. The normalized spacial score (nSPS) is 0. The number of rotatable bonds is 0. The molecular formula is H10AlKO3. The SMILES string of the molecule is O.O.O.[AlH3].[H-].[K+]. The Labute approximate surface area is 85.1 Å². The molecule has 0 aliphatic carbocycles. The van der Waals surface area contributed by atoms with Crippen LogP contribution in [0, 0.1) is 0 Å². The van der Waals surface area contributed by atoms with Crippen LogP contribution in [0.1, 0.15) is 1.43 Å². The molecule has 0 bridgehead atoms. The third kappa shape index (κ3) is 23.6. The Bertz CT molecular complexity index is 10.8. The van der Waals surface area contributed by atoms with E-state index in [9.17, 15) is 0 Å². The van der Waals surface area contributed by atoms with E-state index < -0.39 is 0 Å². The van der Waals surface area contributed by atoms with Crippen LogP contribution in [-0.2, 0) is 0 Å². The number of hydrogen-bond donors (Lipinski definition) is 0. The molecule has 0 aliphatic rings. The maximum atomic E-state index is 0. The van der Waals surface area contributed by atoms with Crippen LogP contribution in [0.5, 0.6) is 0 Å². The summed E-state index contributed by atoms with van der Waals surface area (Å²) in [6.45, 7) is 0. The van der Waals surface area contributed by atoms with Gasteiger partial charge in [0.1, 0.15) is 0 Å². The first kappa shape index (κ1) is 61.4. The van der Waals surface area contributed by atoms with Gasteiger partial charge in [0.2, 0.25) is 0 Å². The van der Waals surface area contributed by atoms with E-state index in [-0.39, 0.29) is 86.6 Å². The van der Waals surface area contributed by atoms with Crippen molar-refractivity contribution < 1.29 is 69.2 Å². The van der Waals surface area contributed by atoms with Gasteiger partial charge in [-0.25, -0.2) is 0 Å². The van der Waals surface area contributed by atoms with Crippen molar-refractivity contribution in [3.05, 3.63) is 0 Å². The van der Waals surface area contributed by atoms with E-state index in [1.807, 2.05) is 0 Å². The molecule has 3 nitrogen and oxygen atoms in total. The molecule has 0 heterocycles. The van der Waals surface area contributed by atoms with Crippen LogP contribution in [-0.4, -0.2) is 33.8 Å². The van der Waals surface area contributed by atoms with Crippen molar-refractivity contribution >= 4 is 17.4 Å². The van der Waals surface area contributed by atoms with Gasteiger partial charge in [-0.3, -0.25) is 0 Å². The molecule has 0 saturated heterocycles. The monoisotopic (exact) mass is 124 g/mol. The maximum Gasteiger partial charge on any atom is 1.00 e. The topological polar surface area (TPSA) is 94.5 Å². The molecule has 0 rings (SSSR count). The summed E-state index contributed by atoms with van der Waals surface area (Å²) < 4.78 is 0. The molecule has 0 unspecified atom stereocenters. The van der Waals surface area contributed by atoms with E-state index in [2.05, 4.69) is 0 Å². The van der Waals surface area contributed by atoms with Crippen LogP contribution in [0.25, 0.3) is 0 Å². The second-order valence-electron chi connectivity index (χ2n) is 0. The fourth-order valence-electron chi connectivity index (χ4n) is 0. The molecule has 5 heteroatoms.